The number of nitrogens with zero attached hydrogens (tertiary/aromatic N) is 1. The molecular weight excluding hydrogens is 420 g/mol. The molecule has 2 aromatic carbocycles. The van der Waals surface area contributed by atoms with Gasteiger partial charge in [0, 0.05) is 25.2 Å². The molecule has 2 amide bonds. The normalized spacial score (nSPS) is 10.8. The van der Waals surface area contributed by atoms with Gasteiger partial charge in [-0.15, -0.1) is 0 Å². The lowest BCUT2D eigenvalue weighted by atomic mass is 10.1. The second-order valence-corrected chi connectivity index (χ2v) is 7.23. The molecule has 172 valence electrons. The van der Waals surface area contributed by atoms with E-state index in [1.807, 2.05) is 43.3 Å². The summed E-state index contributed by atoms with van der Waals surface area (Å²) in [5.74, 6) is 1.62. The van der Waals surface area contributed by atoms with Gasteiger partial charge in [0.1, 0.15) is 5.76 Å². The standard InChI is InChI=1S/C26H28N2O5/c1-4-32-23-13-9-19(16-24(23)31-3)10-14-25(29)28(18-22-6-5-15-33-22)17-20-7-11-21(12-8-20)26(30)27-2/h5-16H,4,17-18H2,1-3H3,(H,27,30)/b14-10+. The van der Waals surface area contributed by atoms with Crippen LogP contribution >= 0.6 is 0 Å². The summed E-state index contributed by atoms with van der Waals surface area (Å²) >= 11 is 0. The zero-order chi connectivity index (χ0) is 23.6. The zero-order valence-electron chi connectivity index (χ0n) is 19.0. The number of rotatable bonds is 10. The molecule has 0 atom stereocenters. The van der Waals surface area contributed by atoms with Crippen molar-refractivity contribution < 1.29 is 23.5 Å². The van der Waals surface area contributed by atoms with Crippen molar-refractivity contribution >= 4 is 17.9 Å². The molecule has 0 saturated heterocycles. The molecular formula is C26H28N2O5. The van der Waals surface area contributed by atoms with Crippen LogP contribution in [-0.2, 0) is 17.9 Å². The predicted octanol–water partition coefficient (Wildman–Crippen LogP) is 4.29. The summed E-state index contributed by atoms with van der Waals surface area (Å²) in [5, 5.41) is 2.60. The summed E-state index contributed by atoms with van der Waals surface area (Å²) in [6, 6.07) is 16.3. The maximum absolute atomic E-state index is 13.1. The SMILES string of the molecule is CCOc1ccc(/C=C/C(=O)N(Cc2ccc(C(=O)NC)cc2)Cc2ccco2)cc1OC. The Bertz CT molecular complexity index is 1090. The highest BCUT2D eigenvalue weighted by Gasteiger charge is 2.15. The summed E-state index contributed by atoms with van der Waals surface area (Å²) in [6.07, 6.45) is 4.85. The molecule has 0 saturated carbocycles. The topological polar surface area (TPSA) is 81.0 Å². The van der Waals surface area contributed by atoms with Crippen molar-refractivity contribution in [3.8, 4) is 11.5 Å². The van der Waals surface area contributed by atoms with Gasteiger partial charge in [-0.3, -0.25) is 9.59 Å². The molecule has 0 aliphatic heterocycles. The van der Waals surface area contributed by atoms with Gasteiger partial charge in [-0.25, -0.2) is 0 Å². The van der Waals surface area contributed by atoms with Gasteiger partial charge in [0.15, 0.2) is 11.5 Å². The Hall–Kier alpha value is -4.00. The monoisotopic (exact) mass is 448 g/mol. The molecule has 1 N–H and O–H groups in total. The number of hydrogen-bond acceptors (Lipinski definition) is 5. The molecule has 7 nitrogen and oxygen atoms in total. The first kappa shape index (κ1) is 23.7. The number of carbonyl (C=O) groups is 2. The molecule has 0 spiro atoms. The molecule has 1 heterocycles. The smallest absolute Gasteiger partial charge is 0.251 e. The van der Waals surface area contributed by atoms with E-state index in [4.69, 9.17) is 13.9 Å². The summed E-state index contributed by atoms with van der Waals surface area (Å²) in [7, 11) is 3.17. The van der Waals surface area contributed by atoms with Gasteiger partial charge in [-0.05, 0) is 60.5 Å². The maximum Gasteiger partial charge on any atom is 0.251 e. The van der Waals surface area contributed by atoms with Crippen molar-refractivity contribution in [2.45, 2.75) is 20.0 Å². The van der Waals surface area contributed by atoms with Crippen LogP contribution in [0.15, 0.2) is 71.4 Å². The Morgan fingerprint density at radius 3 is 2.48 bits per heavy atom. The van der Waals surface area contributed by atoms with E-state index in [9.17, 15) is 9.59 Å². The summed E-state index contributed by atoms with van der Waals surface area (Å²) < 4.78 is 16.4. The first-order chi connectivity index (χ1) is 16.0. The fourth-order valence-electron chi connectivity index (χ4n) is 3.26. The minimum atomic E-state index is -0.172. The molecule has 3 rings (SSSR count). The van der Waals surface area contributed by atoms with Gasteiger partial charge in [0.05, 0.1) is 26.5 Å². The van der Waals surface area contributed by atoms with Crippen LogP contribution in [0, 0.1) is 0 Å². The van der Waals surface area contributed by atoms with Crippen LogP contribution in [0.4, 0.5) is 0 Å². The van der Waals surface area contributed by atoms with Gasteiger partial charge in [0.2, 0.25) is 5.91 Å². The van der Waals surface area contributed by atoms with Crippen LogP contribution in [0.2, 0.25) is 0 Å². The number of benzene rings is 2. The minimum absolute atomic E-state index is 0.154. The van der Waals surface area contributed by atoms with E-state index in [1.54, 1.807) is 49.6 Å². The average molecular weight is 449 g/mol. The predicted molar refractivity (Wildman–Crippen MR) is 126 cm³/mol. The Balaban J connectivity index is 1.77. The van der Waals surface area contributed by atoms with Gasteiger partial charge >= 0.3 is 0 Å². The molecule has 0 radical (unpaired) electrons. The third-order valence-electron chi connectivity index (χ3n) is 4.96. The van der Waals surface area contributed by atoms with Crippen molar-refractivity contribution in [2.75, 3.05) is 20.8 Å². The maximum atomic E-state index is 13.1. The Morgan fingerprint density at radius 2 is 1.85 bits per heavy atom. The van der Waals surface area contributed by atoms with E-state index in [0.29, 0.717) is 42.5 Å². The lowest BCUT2D eigenvalue weighted by Crippen LogP contribution is -2.28. The molecule has 33 heavy (non-hydrogen) atoms. The molecule has 3 aromatic rings. The van der Waals surface area contributed by atoms with E-state index in [0.717, 1.165) is 11.1 Å². The number of nitrogens with one attached hydrogen (secondary N) is 1. The number of hydrogen-bond donors (Lipinski definition) is 1. The molecule has 7 heteroatoms. The van der Waals surface area contributed by atoms with Crippen molar-refractivity contribution in [2.24, 2.45) is 0 Å². The van der Waals surface area contributed by atoms with Crippen LogP contribution in [0.25, 0.3) is 6.08 Å². The largest absolute Gasteiger partial charge is 0.493 e. The fraction of sp³-hybridized carbons (Fsp3) is 0.231. The Morgan fingerprint density at radius 1 is 1.06 bits per heavy atom. The highest BCUT2D eigenvalue weighted by Crippen LogP contribution is 2.28. The fourth-order valence-corrected chi connectivity index (χ4v) is 3.26. The van der Waals surface area contributed by atoms with Gasteiger partial charge < -0.3 is 24.1 Å². The van der Waals surface area contributed by atoms with Crippen molar-refractivity contribution in [3.05, 3.63) is 89.4 Å². The van der Waals surface area contributed by atoms with Gasteiger partial charge in [0.25, 0.3) is 5.91 Å². The molecule has 0 unspecified atom stereocenters. The van der Waals surface area contributed by atoms with Gasteiger partial charge in [-0.2, -0.15) is 0 Å². The quantitative estimate of drug-likeness (QED) is 0.468. The summed E-state index contributed by atoms with van der Waals surface area (Å²) in [6.45, 7) is 3.13. The minimum Gasteiger partial charge on any atom is -0.493 e. The first-order valence-corrected chi connectivity index (χ1v) is 10.6. The second kappa shape index (κ2) is 11.6. The van der Waals surface area contributed by atoms with Crippen molar-refractivity contribution in [1.29, 1.82) is 0 Å². The second-order valence-electron chi connectivity index (χ2n) is 7.23. The molecule has 0 aliphatic rings. The van der Waals surface area contributed by atoms with E-state index in [1.165, 1.54) is 6.08 Å². The highest BCUT2D eigenvalue weighted by molar-refractivity contribution is 5.94. The zero-order valence-corrected chi connectivity index (χ0v) is 19.0. The Kier molecular flexibility index (Phi) is 8.30. The van der Waals surface area contributed by atoms with Crippen LogP contribution in [0.1, 0.15) is 34.2 Å². The average Bonchev–Trinajstić information content (AvgIpc) is 3.36. The number of furan rings is 1. The molecule has 0 bridgehead atoms. The third-order valence-corrected chi connectivity index (χ3v) is 4.96. The van der Waals surface area contributed by atoms with E-state index < -0.39 is 0 Å². The molecule has 0 fully saturated rings. The first-order valence-electron chi connectivity index (χ1n) is 10.6. The molecule has 1 aromatic heterocycles. The van der Waals surface area contributed by atoms with Crippen molar-refractivity contribution in [3.63, 3.8) is 0 Å². The Labute approximate surface area is 193 Å². The third kappa shape index (κ3) is 6.49. The van der Waals surface area contributed by atoms with Crippen LogP contribution in [0.5, 0.6) is 11.5 Å². The lowest BCUT2D eigenvalue weighted by molar-refractivity contribution is -0.127. The van der Waals surface area contributed by atoms with Gasteiger partial charge in [-0.1, -0.05) is 18.2 Å². The van der Waals surface area contributed by atoms with Crippen LogP contribution < -0.4 is 14.8 Å². The van der Waals surface area contributed by atoms with Crippen LogP contribution in [-0.4, -0.2) is 37.5 Å². The molecule has 0 aliphatic carbocycles. The van der Waals surface area contributed by atoms with E-state index >= 15 is 0 Å². The highest BCUT2D eigenvalue weighted by atomic mass is 16.5. The lowest BCUT2D eigenvalue weighted by Gasteiger charge is -2.20. The number of amides is 2. The summed E-state index contributed by atoms with van der Waals surface area (Å²) in [4.78, 5) is 26.5. The number of carbonyl (C=O) groups excluding carboxylic acids is 2. The number of ether oxygens (including phenoxy) is 2. The van der Waals surface area contributed by atoms with E-state index in [-0.39, 0.29) is 11.8 Å². The van der Waals surface area contributed by atoms with E-state index in [2.05, 4.69) is 5.32 Å². The van der Waals surface area contributed by atoms with Crippen molar-refractivity contribution in [1.82, 2.24) is 10.2 Å². The summed E-state index contributed by atoms with van der Waals surface area (Å²) in [5.41, 5.74) is 2.28. The van der Waals surface area contributed by atoms with Crippen LogP contribution in [0.3, 0.4) is 0 Å². The number of methoxy groups -OCH3 is 1.